The van der Waals surface area contributed by atoms with E-state index >= 15 is 0 Å². The van der Waals surface area contributed by atoms with E-state index in [0.29, 0.717) is 27.7 Å². The van der Waals surface area contributed by atoms with Crippen LogP contribution in [0.2, 0.25) is 10.0 Å². The molecule has 1 atom stereocenters. The lowest BCUT2D eigenvalue weighted by Gasteiger charge is -2.40. The maximum absolute atomic E-state index is 13.7. The molecular formula is C18H9BrCl3N3O3S. The highest BCUT2D eigenvalue weighted by molar-refractivity contribution is 9.10. The molecule has 2 heterocycles. The Morgan fingerprint density at radius 2 is 1.79 bits per heavy atom. The van der Waals surface area contributed by atoms with E-state index in [1.807, 2.05) is 12.1 Å². The fourth-order valence-corrected chi connectivity index (χ4v) is 5.87. The summed E-state index contributed by atoms with van der Waals surface area (Å²) < 4.78 is 26.6. The number of carbonyl (C=O) groups is 1. The van der Waals surface area contributed by atoms with Crippen LogP contribution in [0.5, 0.6) is 0 Å². The van der Waals surface area contributed by atoms with Crippen molar-refractivity contribution in [2.75, 3.05) is 4.90 Å². The van der Waals surface area contributed by atoms with Gasteiger partial charge in [0.25, 0.3) is 15.0 Å². The second-order valence-corrected chi connectivity index (χ2v) is 11.1. The van der Waals surface area contributed by atoms with Crippen LogP contribution in [0.4, 0.5) is 11.6 Å². The summed E-state index contributed by atoms with van der Waals surface area (Å²) in [5.41, 5.74) is 0.744. The van der Waals surface area contributed by atoms with Crippen LogP contribution >= 0.6 is 49.8 Å². The van der Waals surface area contributed by atoms with Gasteiger partial charge in [-0.25, -0.2) is 18.3 Å². The van der Waals surface area contributed by atoms with E-state index in [0.717, 1.165) is 16.2 Å². The molecule has 0 unspecified atom stereocenters. The molecule has 0 fully saturated rings. The van der Waals surface area contributed by atoms with Crippen LogP contribution in [-0.4, -0.2) is 23.9 Å². The molecule has 6 nitrogen and oxygen atoms in total. The van der Waals surface area contributed by atoms with Crippen molar-refractivity contribution in [3.63, 3.8) is 0 Å². The van der Waals surface area contributed by atoms with Gasteiger partial charge in [-0.3, -0.25) is 9.36 Å². The minimum atomic E-state index is -4.16. The number of fused-ring (bicyclic) bond motifs is 4. The van der Waals surface area contributed by atoms with Crippen LogP contribution in [0.25, 0.3) is 0 Å². The number of carbonyl (C=O) groups excluding carboxylic acids is 1. The standard InChI is InChI=1S/C18H9BrCl3N3O3S/c19-10-2-1-9-7-18(14(9)3-10)16(26)24(13-5-11(20)4-12(21)6-13)17-23-8-15(25(17)18)29(22,27)28/h1-6,8H,7H2/t18-/m0/s1. The molecular weight excluding hydrogens is 525 g/mol. The minimum absolute atomic E-state index is 0.137. The molecule has 2 aliphatic rings. The Balaban J connectivity index is 1.82. The number of rotatable bonds is 2. The molecule has 1 spiro atoms. The normalized spacial score (nSPS) is 20.0. The molecule has 0 radical (unpaired) electrons. The van der Waals surface area contributed by atoms with E-state index in [1.54, 1.807) is 24.3 Å². The zero-order valence-corrected chi connectivity index (χ0v) is 18.9. The van der Waals surface area contributed by atoms with E-state index in [1.165, 1.54) is 9.47 Å². The van der Waals surface area contributed by atoms with Gasteiger partial charge < -0.3 is 0 Å². The molecule has 0 saturated carbocycles. The highest BCUT2D eigenvalue weighted by Gasteiger charge is 2.61. The predicted molar refractivity (Wildman–Crippen MR) is 114 cm³/mol. The number of aromatic nitrogens is 2. The Hall–Kier alpha value is -1.58. The van der Waals surface area contributed by atoms with Crippen molar-refractivity contribution >= 4 is 76.4 Å². The van der Waals surface area contributed by atoms with Gasteiger partial charge in [-0.1, -0.05) is 45.2 Å². The molecule has 0 saturated heterocycles. The van der Waals surface area contributed by atoms with E-state index in [2.05, 4.69) is 20.9 Å². The van der Waals surface area contributed by atoms with Crippen LogP contribution in [0, 0.1) is 0 Å². The summed E-state index contributed by atoms with van der Waals surface area (Å²) in [5, 5.41) is 0.423. The molecule has 1 aliphatic heterocycles. The third-order valence-corrected chi connectivity index (χ3v) is 7.36. The monoisotopic (exact) mass is 531 g/mol. The number of anilines is 2. The molecule has 29 heavy (non-hydrogen) atoms. The van der Waals surface area contributed by atoms with Gasteiger partial charge in [-0.2, -0.15) is 0 Å². The zero-order chi connectivity index (χ0) is 20.7. The summed E-state index contributed by atoms with van der Waals surface area (Å²) in [5.74, 6) is -0.218. The van der Waals surface area contributed by atoms with Crippen molar-refractivity contribution < 1.29 is 13.2 Å². The molecule has 3 aromatic rings. The molecule has 148 valence electrons. The maximum atomic E-state index is 13.7. The fraction of sp³-hybridized carbons (Fsp3) is 0.111. The van der Waals surface area contributed by atoms with Crippen LogP contribution in [0.3, 0.4) is 0 Å². The first-order valence-electron chi connectivity index (χ1n) is 8.25. The molecule has 0 bridgehead atoms. The largest absolute Gasteiger partial charge is 0.279 e. The Morgan fingerprint density at radius 3 is 2.45 bits per heavy atom. The number of nitrogens with zero attached hydrogens (tertiary/aromatic N) is 3. The molecule has 11 heteroatoms. The number of imidazole rings is 1. The van der Waals surface area contributed by atoms with E-state index in [4.69, 9.17) is 33.9 Å². The van der Waals surface area contributed by atoms with Crippen molar-refractivity contribution in [2.24, 2.45) is 0 Å². The van der Waals surface area contributed by atoms with Crippen LogP contribution in [0.15, 0.2) is 52.1 Å². The lowest BCUT2D eigenvalue weighted by atomic mass is 9.70. The van der Waals surface area contributed by atoms with Gasteiger partial charge in [0, 0.05) is 31.6 Å². The lowest BCUT2D eigenvalue weighted by Crippen LogP contribution is -2.51. The second kappa shape index (κ2) is 6.21. The number of hydrogen-bond donors (Lipinski definition) is 0. The zero-order valence-electron chi connectivity index (χ0n) is 14.2. The SMILES string of the molecule is O=C1N(c2cc(Cl)cc(Cl)c2)c2ncc(S(=O)(=O)Cl)n2[C@]12Cc1ccc(Br)cc12. The maximum Gasteiger partial charge on any atom is 0.278 e. The first kappa shape index (κ1) is 19.4. The lowest BCUT2D eigenvalue weighted by molar-refractivity contribution is -0.124. The quantitative estimate of drug-likeness (QED) is 0.441. The van der Waals surface area contributed by atoms with Crippen molar-refractivity contribution in [2.45, 2.75) is 17.0 Å². The fourth-order valence-electron chi connectivity index (χ4n) is 4.03. The topological polar surface area (TPSA) is 72.3 Å². The first-order chi connectivity index (χ1) is 13.6. The van der Waals surface area contributed by atoms with Gasteiger partial charge in [0.05, 0.1) is 11.9 Å². The predicted octanol–water partition coefficient (Wildman–Crippen LogP) is 4.86. The summed E-state index contributed by atoms with van der Waals surface area (Å²) in [7, 11) is 1.51. The van der Waals surface area contributed by atoms with Crippen molar-refractivity contribution in [3.8, 4) is 0 Å². The van der Waals surface area contributed by atoms with Crippen LogP contribution in [-0.2, 0) is 25.8 Å². The average Bonchev–Trinajstić information content (AvgIpc) is 3.12. The van der Waals surface area contributed by atoms with E-state index < -0.39 is 14.6 Å². The highest BCUT2D eigenvalue weighted by atomic mass is 79.9. The molecule has 5 rings (SSSR count). The molecule has 1 aliphatic carbocycles. The third-order valence-electron chi connectivity index (χ3n) is 5.17. The Morgan fingerprint density at radius 1 is 1.10 bits per heavy atom. The van der Waals surface area contributed by atoms with Crippen molar-refractivity contribution in [3.05, 3.63) is 68.2 Å². The molecule has 1 amide bonds. The minimum Gasteiger partial charge on any atom is -0.279 e. The van der Waals surface area contributed by atoms with Crippen molar-refractivity contribution in [1.82, 2.24) is 9.55 Å². The number of halogens is 4. The summed E-state index contributed by atoms with van der Waals surface area (Å²) in [6.45, 7) is 0. The summed E-state index contributed by atoms with van der Waals surface area (Å²) in [6, 6.07) is 10.2. The first-order valence-corrected chi connectivity index (χ1v) is 12.1. The number of hydrogen-bond acceptors (Lipinski definition) is 4. The van der Waals surface area contributed by atoms with Gasteiger partial charge in [0.15, 0.2) is 10.6 Å². The molecule has 0 N–H and O–H groups in total. The molecule has 1 aromatic heterocycles. The Bertz CT molecular complexity index is 1320. The second-order valence-electron chi connectivity index (χ2n) is 6.78. The van der Waals surface area contributed by atoms with Gasteiger partial charge in [-0.05, 0) is 41.5 Å². The van der Waals surface area contributed by atoms with E-state index in [-0.39, 0.29) is 16.9 Å². The van der Waals surface area contributed by atoms with E-state index in [9.17, 15) is 13.2 Å². The summed E-state index contributed by atoms with van der Waals surface area (Å²) >= 11 is 15.7. The Kier molecular flexibility index (Phi) is 4.15. The smallest absolute Gasteiger partial charge is 0.278 e. The summed E-state index contributed by atoms with van der Waals surface area (Å²) in [4.78, 5) is 19.3. The third kappa shape index (κ3) is 2.63. The number of amides is 1. The Labute approximate surface area is 188 Å². The van der Waals surface area contributed by atoms with Gasteiger partial charge in [0.1, 0.15) is 0 Å². The van der Waals surface area contributed by atoms with Gasteiger partial charge in [-0.15, -0.1) is 0 Å². The summed E-state index contributed by atoms with van der Waals surface area (Å²) in [6.07, 6.45) is 1.46. The van der Waals surface area contributed by atoms with Crippen LogP contribution in [0.1, 0.15) is 11.1 Å². The van der Waals surface area contributed by atoms with Gasteiger partial charge in [0.2, 0.25) is 5.95 Å². The van der Waals surface area contributed by atoms with Gasteiger partial charge >= 0.3 is 0 Å². The number of benzene rings is 2. The highest BCUT2D eigenvalue weighted by Crippen LogP contribution is 2.54. The average molecular weight is 534 g/mol. The van der Waals surface area contributed by atoms with Crippen LogP contribution < -0.4 is 4.90 Å². The molecule has 2 aromatic carbocycles. The van der Waals surface area contributed by atoms with Crippen molar-refractivity contribution in [1.29, 1.82) is 0 Å².